The van der Waals surface area contributed by atoms with Crippen molar-refractivity contribution in [1.82, 2.24) is 9.97 Å². The number of hydrogen-bond donors (Lipinski definition) is 3. The van der Waals surface area contributed by atoms with E-state index in [1.54, 1.807) is 20.8 Å². The topological polar surface area (TPSA) is 84.1 Å². The predicted molar refractivity (Wildman–Crippen MR) is 55.8 cm³/mol. The summed E-state index contributed by atoms with van der Waals surface area (Å²) in [7, 11) is 0. The van der Waals surface area contributed by atoms with Crippen LogP contribution in [0.3, 0.4) is 0 Å². The van der Waals surface area contributed by atoms with Crippen molar-refractivity contribution in [3.8, 4) is 0 Å². The second kappa shape index (κ2) is 3.98. The number of aliphatic hydroxyl groups is 1. The van der Waals surface area contributed by atoms with Crippen LogP contribution in [0.5, 0.6) is 0 Å². The molecule has 0 amide bonds. The Morgan fingerprint density at radius 1 is 1.60 bits per heavy atom. The zero-order chi connectivity index (χ0) is 11.6. The second-order valence-electron chi connectivity index (χ2n) is 3.95. The molecular weight excluding hydrogens is 199 g/mol. The van der Waals surface area contributed by atoms with Crippen molar-refractivity contribution < 1.29 is 9.50 Å². The van der Waals surface area contributed by atoms with Gasteiger partial charge in [-0.1, -0.05) is 0 Å². The van der Waals surface area contributed by atoms with E-state index in [2.05, 4.69) is 15.3 Å². The quantitative estimate of drug-likeness (QED) is 0.692. The van der Waals surface area contributed by atoms with Crippen LogP contribution in [-0.4, -0.2) is 26.7 Å². The molecule has 0 radical (unpaired) electrons. The second-order valence-corrected chi connectivity index (χ2v) is 3.95. The zero-order valence-corrected chi connectivity index (χ0v) is 8.95. The van der Waals surface area contributed by atoms with Crippen LogP contribution in [0, 0.1) is 5.82 Å². The van der Waals surface area contributed by atoms with E-state index in [0.717, 1.165) is 6.20 Å². The van der Waals surface area contributed by atoms with Crippen LogP contribution in [0.1, 0.15) is 20.8 Å². The number of nitrogens with two attached hydrogens (primary N) is 1. The number of hydrogen-bond acceptors (Lipinski definition) is 5. The van der Waals surface area contributed by atoms with E-state index < -0.39 is 17.5 Å². The molecule has 0 aromatic carbocycles. The van der Waals surface area contributed by atoms with Gasteiger partial charge in [-0.15, -0.1) is 0 Å². The van der Waals surface area contributed by atoms with Crippen molar-refractivity contribution in [1.29, 1.82) is 0 Å². The van der Waals surface area contributed by atoms with Gasteiger partial charge in [-0.05, 0) is 20.8 Å². The lowest BCUT2D eigenvalue weighted by Crippen LogP contribution is -2.42. The molecule has 1 aromatic rings. The average Bonchev–Trinajstić information content (AvgIpc) is 2.10. The predicted octanol–water partition coefficient (Wildman–Crippen LogP) is 0.769. The lowest BCUT2D eigenvalue weighted by Gasteiger charge is -2.29. The highest BCUT2D eigenvalue weighted by molar-refractivity contribution is 5.41. The van der Waals surface area contributed by atoms with Gasteiger partial charge in [0.2, 0.25) is 5.95 Å². The number of nitrogens with one attached hydrogen (secondary N) is 1. The largest absolute Gasteiger partial charge is 0.391 e. The van der Waals surface area contributed by atoms with Gasteiger partial charge in [-0.25, -0.2) is 9.37 Å². The molecule has 1 aromatic heterocycles. The minimum absolute atomic E-state index is 0.00611. The summed E-state index contributed by atoms with van der Waals surface area (Å²) in [6, 6.07) is 0. The lowest BCUT2D eigenvalue weighted by molar-refractivity contribution is 0.132. The number of rotatable bonds is 3. The van der Waals surface area contributed by atoms with Crippen molar-refractivity contribution >= 4 is 11.8 Å². The molecule has 15 heavy (non-hydrogen) atoms. The van der Waals surface area contributed by atoms with Crippen LogP contribution in [-0.2, 0) is 0 Å². The summed E-state index contributed by atoms with van der Waals surface area (Å²) in [6.45, 7) is 5.07. The highest BCUT2D eigenvalue weighted by Gasteiger charge is 2.25. The Morgan fingerprint density at radius 3 is 2.73 bits per heavy atom. The normalized spacial score (nSPS) is 13.7. The standard InChI is InChI=1S/C9H15FN4O/c1-5(15)9(2,3)14-7-6(10)4-12-8(11)13-7/h4-5,15H,1-3H3,(H3,11,12,13,14). The average molecular weight is 214 g/mol. The van der Waals surface area contributed by atoms with E-state index >= 15 is 0 Å². The number of aromatic nitrogens is 2. The Bertz CT molecular complexity index is 354. The molecule has 0 fully saturated rings. The van der Waals surface area contributed by atoms with Gasteiger partial charge in [0.25, 0.3) is 0 Å². The molecule has 0 saturated heterocycles. The van der Waals surface area contributed by atoms with Crippen molar-refractivity contribution in [2.75, 3.05) is 11.1 Å². The molecule has 84 valence electrons. The van der Waals surface area contributed by atoms with Crippen LogP contribution in [0.25, 0.3) is 0 Å². The summed E-state index contributed by atoms with van der Waals surface area (Å²) in [5, 5.41) is 12.2. The molecule has 0 bridgehead atoms. The monoisotopic (exact) mass is 214 g/mol. The van der Waals surface area contributed by atoms with E-state index in [1.165, 1.54) is 0 Å². The van der Waals surface area contributed by atoms with Crippen LogP contribution in [0.15, 0.2) is 6.20 Å². The molecule has 1 atom stereocenters. The van der Waals surface area contributed by atoms with Gasteiger partial charge >= 0.3 is 0 Å². The number of aliphatic hydroxyl groups excluding tert-OH is 1. The first-order valence-electron chi connectivity index (χ1n) is 4.57. The van der Waals surface area contributed by atoms with Crippen LogP contribution >= 0.6 is 0 Å². The van der Waals surface area contributed by atoms with Gasteiger partial charge < -0.3 is 16.2 Å². The van der Waals surface area contributed by atoms with Gasteiger partial charge in [-0.2, -0.15) is 4.98 Å². The summed E-state index contributed by atoms with van der Waals surface area (Å²) in [5.41, 5.74) is 4.64. The molecule has 0 saturated carbocycles. The first-order chi connectivity index (χ1) is 6.83. The van der Waals surface area contributed by atoms with Crippen LogP contribution in [0.2, 0.25) is 0 Å². The van der Waals surface area contributed by atoms with Gasteiger partial charge in [0, 0.05) is 0 Å². The van der Waals surface area contributed by atoms with E-state index in [1.807, 2.05) is 0 Å². The fraction of sp³-hybridized carbons (Fsp3) is 0.556. The smallest absolute Gasteiger partial charge is 0.222 e. The van der Waals surface area contributed by atoms with Crippen LogP contribution in [0.4, 0.5) is 16.2 Å². The lowest BCUT2D eigenvalue weighted by atomic mass is 9.99. The molecule has 1 rings (SSSR count). The molecule has 1 heterocycles. The zero-order valence-electron chi connectivity index (χ0n) is 8.95. The molecule has 4 N–H and O–H groups in total. The number of nitrogen functional groups attached to an aromatic ring is 1. The molecule has 0 aliphatic rings. The third-order valence-corrected chi connectivity index (χ3v) is 2.25. The van der Waals surface area contributed by atoms with E-state index in [0.29, 0.717) is 0 Å². The van der Waals surface area contributed by atoms with Crippen molar-refractivity contribution in [2.24, 2.45) is 0 Å². The third-order valence-electron chi connectivity index (χ3n) is 2.25. The molecule has 0 spiro atoms. The summed E-state index contributed by atoms with van der Waals surface area (Å²) >= 11 is 0. The maximum absolute atomic E-state index is 13.2. The van der Waals surface area contributed by atoms with Gasteiger partial charge in [0.1, 0.15) is 0 Å². The fourth-order valence-corrected chi connectivity index (χ4v) is 0.878. The van der Waals surface area contributed by atoms with Crippen molar-refractivity contribution in [2.45, 2.75) is 32.4 Å². The fourth-order valence-electron chi connectivity index (χ4n) is 0.878. The molecule has 0 aliphatic heterocycles. The Labute approximate surface area is 87.5 Å². The van der Waals surface area contributed by atoms with Crippen LogP contribution < -0.4 is 11.1 Å². The number of nitrogens with zero attached hydrogens (tertiary/aromatic N) is 2. The minimum Gasteiger partial charge on any atom is -0.391 e. The molecule has 5 nitrogen and oxygen atoms in total. The van der Waals surface area contributed by atoms with Crippen molar-refractivity contribution in [3.63, 3.8) is 0 Å². The molecule has 0 aliphatic carbocycles. The van der Waals surface area contributed by atoms with Gasteiger partial charge in [0.15, 0.2) is 11.6 Å². The molecular formula is C9H15FN4O. The Morgan fingerprint density at radius 2 is 2.20 bits per heavy atom. The summed E-state index contributed by atoms with van der Waals surface area (Å²) in [5.74, 6) is -0.619. The van der Waals surface area contributed by atoms with E-state index in [4.69, 9.17) is 5.73 Å². The minimum atomic E-state index is -0.693. The Balaban J connectivity index is 2.94. The summed E-state index contributed by atoms with van der Waals surface area (Å²) in [4.78, 5) is 7.21. The maximum Gasteiger partial charge on any atom is 0.222 e. The Hall–Kier alpha value is -1.43. The Kier molecular flexibility index (Phi) is 3.09. The highest BCUT2D eigenvalue weighted by atomic mass is 19.1. The van der Waals surface area contributed by atoms with E-state index in [-0.39, 0.29) is 11.8 Å². The summed E-state index contributed by atoms with van der Waals surface area (Å²) in [6.07, 6.45) is 0.330. The number of anilines is 2. The molecule has 1 unspecified atom stereocenters. The number of halogens is 1. The molecule has 6 heteroatoms. The maximum atomic E-state index is 13.2. The highest BCUT2D eigenvalue weighted by Crippen LogP contribution is 2.19. The van der Waals surface area contributed by atoms with Gasteiger partial charge in [0.05, 0.1) is 17.8 Å². The first-order valence-corrected chi connectivity index (χ1v) is 4.57. The summed E-state index contributed by atoms with van der Waals surface area (Å²) < 4.78 is 13.2. The first kappa shape index (κ1) is 11.6. The third kappa shape index (κ3) is 2.76. The van der Waals surface area contributed by atoms with Crippen molar-refractivity contribution in [3.05, 3.63) is 12.0 Å². The SMILES string of the molecule is CC(O)C(C)(C)Nc1nc(N)ncc1F. The van der Waals surface area contributed by atoms with Gasteiger partial charge in [-0.3, -0.25) is 0 Å². The van der Waals surface area contributed by atoms with E-state index in [9.17, 15) is 9.50 Å².